The molecule has 0 aliphatic heterocycles. The van der Waals surface area contributed by atoms with Crippen molar-refractivity contribution < 1.29 is 57.5 Å². The van der Waals surface area contributed by atoms with Crippen molar-refractivity contribution >= 4 is 43.3 Å². The van der Waals surface area contributed by atoms with Crippen molar-refractivity contribution in [2.75, 3.05) is 32.8 Å². The van der Waals surface area contributed by atoms with E-state index in [0.717, 1.165) is 11.8 Å². The molecule has 0 unspecified atom stereocenters. The van der Waals surface area contributed by atoms with Gasteiger partial charge in [-0.3, -0.25) is 38.2 Å². The second-order valence-electron chi connectivity index (χ2n) is 10.1. The van der Waals surface area contributed by atoms with Crippen LogP contribution in [0, 0.1) is 5.92 Å². The van der Waals surface area contributed by atoms with Gasteiger partial charge in [0.2, 0.25) is 35.4 Å². The topological polar surface area (TPSA) is 250 Å². The van der Waals surface area contributed by atoms with Crippen LogP contribution in [0.3, 0.4) is 0 Å². The molecule has 0 aromatic heterocycles. The zero-order valence-corrected chi connectivity index (χ0v) is 25.6. The summed E-state index contributed by atoms with van der Waals surface area (Å²) in [4.78, 5) is 92.6. The van der Waals surface area contributed by atoms with Crippen LogP contribution in [0.4, 0.5) is 0 Å². The van der Waals surface area contributed by atoms with E-state index in [-0.39, 0.29) is 38.0 Å². The number of carbonyl (C=O) groups excluding carboxylic acids is 6. The Kier molecular flexibility index (Phi) is 17.9. The van der Waals surface area contributed by atoms with Gasteiger partial charge in [-0.1, -0.05) is 13.8 Å². The van der Waals surface area contributed by atoms with Crippen LogP contribution in [0.25, 0.3) is 0 Å². The van der Waals surface area contributed by atoms with E-state index in [1.807, 2.05) is 0 Å². The van der Waals surface area contributed by atoms with E-state index in [9.17, 15) is 38.4 Å². The van der Waals surface area contributed by atoms with Crippen molar-refractivity contribution in [1.82, 2.24) is 26.2 Å². The van der Waals surface area contributed by atoms with Crippen LogP contribution in [0.1, 0.15) is 54.4 Å². The first kappa shape index (κ1) is 39.0. The van der Waals surface area contributed by atoms with Gasteiger partial charge in [-0.15, -0.1) is 0 Å². The van der Waals surface area contributed by atoms with E-state index in [2.05, 4.69) is 25.8 Å². The van der Waals surface area contributed by atoms with Crippen molar-refractivity contribution in [3.05, 3.63) is 0 Å². The van der Waals surface area contributed by atoms with Gasteiger partial charge < -0.3 is 40.9 Å². The van der Waals surface area contributed by atoms with E-state index in [1.54, 1.807) is 27.7 Å². The van der Waals surface area contributed by atoms with Crippen molar-refractivity contribution in [2.45, 2.75) is 78.7 Å². The number of nitrogens with one attached hydrogen (secondary N) is 4. The molecule has 0 aromatic carbocycles. The molecule has 0 radical (unpaired) electrons. The van der Waals surface area contributed by atoms with Crippen molar-refractivity contribution in [1.29, 1.82) is 0 Å². The molecule has 0 saturated heterocycles. The van der Waals surface area contributed by atoms with Gasteiger partial charge in [0.1, 0.15) is 18.6 Å². The SMILES string of the molecule is CC(=O)N(CC(=O)N[C@@H](CC(C)C)C(=O)NCC(=O)N[C@@H](CO)C(=O)NC[C@@H](C)OP(=O)(O)O)C(=O)CCOC(C)C. The third-order valence-corrected chi connectivity index (χ3v) is 5.88. The number of nitrogens with zero attached hydrogens (tertiary/aromatic N) is 1. The minimum Gasteiger partial charge on any atom is -0.394 e. The molecule has 3 atom stereocenters. The van der Waals surface area contributed by atoms with E-state index in [4.69, 9.17) is 14.5 Å². The summed E-state index contributed by atoms with van der Waals surface area (Å²) >= 11 is 0. The van der Waals surface area contributed by atoms with E-state index >= 15 is 0 Å². The smallest absolute Gasteiger partial charge is 0.394 e. The minimum atomic E-state index is -4.78. The number of rotatable bonds is 19. The molecule has 0 spiro atoms. The fourth-order valence-electron chi connectivity index (χ4n) is 3.35. The monoisotopic (exact) mass is 625 g/mol. The molecule has 0 rings (SSSR count). The molecule has 0 fully saturated rings. The van der Waals surface area contributed by atoms with Gasteiger partial charge in [0.05, 0.1) is 38.4 Å². The Balaban J connectivity index is 5.05. The first-order chi connectivity index (χ1) is 19.4. The lowest BCUT2D eigenvalue weighted by Gasteiger charge is -2.23. The van der Waals surface area contributed by atoms with Gasteiger partial charge in [0, 0.05) is 13.5 Å². The lowest BCUT2D eigenvalue weighted by atomic mass is 10.0. The van der Waals surface area contributed by atoms with Crippen LogP contribution in [0.15, 0.2) is 0 Å². The Bertz CT molecular complexity index is 987. The highest BCUT2D eigenvalue weighted by molar-refractivity contribution is 7.46. The normalized spacial score (nSPS) is 13.6. The Labute approximate surface area is 244 Å². The molecule has 42 heavy (non-hydrogen) atoms. The quantitative estimate of drug-likeness (QED) is 0.0764. The number of phosphoric acid groups is 1. The highest BCUT2D eigenvalue weighted by Crippen LogP contribution is 2.37. The summed E-state index contributed by atoms with van der Waals surface area (Å²) in [6, 6.07) is -2.56. The van der Waals surface area contributed by atoms with Gasteiger partial charge >= 0.3 is 7.82 Å². The second-order valence-corrected chi connectivity index (χ2v) is 11.3. The zero-order valence-electron chi connectivity index (χ0n) is 24.7. The number of carbonyl (C=O) groups is 6. The molecule has 17 nitrogen and oxygen atoms in total. The summed E-state index contributed by atoms with van der Waals surface area (Å²) in [7, 11) is -4.78. The van der Waals surface area contributed by atoms with Crippen LogP contribution >= 0.6 is 7.82 Å². The molecule has 0 aromatic rings. The molecule has 0 bridgehead atoms. The predicted octanol–water partition coefficient (Wildman–Crippen LogP) is -2.09. The van der Waals surface area contributed by atoms with Crippen molar-refractivity contribution in [3.8, 4) is 0 Å². The molecule has 0 aliphatic carbocycles. The molecular formula is C24H44N5O12P. The van der Waals surface area contributed by atoms with Gasteiger partial charge in [0.25, 0.3) is 0 Å². The van der Waals surface area contributed by atoms with Gasteiger partial charge in [-0.25, -0.2) is 4.57 Å². The number of ether oxygens (including phenoxy) is 1. The summed E-state index contributed by atoms with van der Waals surface area (Å²) < 4.78 is 20.5. The van der Waals surface area contributed by atoms with E-state index < -0.39 is 81.1 Å². The Hall–Kier alpha value is -2.95. The summed E-state index contributed by atoms with van der Waals surface area (Å²) in [6.07, 6.45) is -1.16. The van der Waals surface area contributed by atoms with Gasteiger partial charge in [0.15, 0.2) is 0 Å². The second kappa shape index (κ2) is 19.3. The van der Waals surface area contributed by atoms with Crippen LogP contribution in [0.2, 0.25) is 0 Å². The predicted molar refractivity (Wildman–Crippen MR) is 147 cm³/mol. The molecule has 242 valence electrons. The summed E-state index contributed by atoms with van der Waals surface area (Å²) in [5, 5.41) is 18.7. The standard InChI is InChI=1S/C24H44N5O12P/c1-14(2)9-18(27-21(33)12-29(17(6)31)22(34)7-8-40-15(3)4)23(35)26-11-20(32)28-19(13-30)24(36)25-10-16(5)41-42(37,38)39/h14-16,18-19,30H,7-13H2,1-6H3,(H,25,36)(H,26,35)(H,27,33)(H,28,32)(H2,37,38,39)/t16-,18+,19+/m1/s1. The summed E-state index contributed by atoms with van der Waals surface area (Å²) in [6.45, 7) is 7.21. The van der Waals surface area contributed by atoms with Crippen molar-refractivity contribution in [3.63, 3.8) is 0 Å². The van der Waals surface area contributed by atoms with E-state index in [1.165, 1.54) is 6.92 Å². The number of phosphoric ester groups is 1. The third-order valence-electron chi connectivity index (χ3n) is 5.25. The number of imide groups is 1. The molecule has 6 amide bonds. The number of aliphatic hydroxyl groups excluding tert-OH is 1. The molecule has 0 heterocycles. The van der Waals surface area contributed by atoms with E-state index in [0.29, 0.717) is 0 Å². The fraction of sp³-hybridized carbons (Fsp3) is 0.750. The Morgan fingerprint density at radius 2 is 1.45 bits per heavy atom. The first-order valence-electron chi connectivity index (χ1n) is 13.3. The fourth-order valence-corrected chi connectivity index (χ4v) is 3.89. The maximum atomic E-state index is 12.8. The Morgan fingerprint density at radius 3 is 1.95 bits per heavy atom. The molecular weight excluding hydrogens is 581 g/mol. The lowest BCUT2D eigenvalue weighted by Crippen LogP contribution is -2.54. The maximum Gasteiger partial charge on any atom is 0.469 e. The highest BCUT2D eigenvalue weighted by Gasteiger charge is 2.27. The molecule has 7 N–H and O–H groups in total. The maximum absolute atomic E-state index is 12.8. The third kappa shape index (κ3) is 17.8. The average molecular weight is 626 g/mol. The number of amides is 6. The number of hydrogen-bond donors (Lipinski definition) is 7. The van der Waals surface area contributed by atoms with Crippen LogP contribution < -0.4 is 21.3 Å². The summed E-state index contributed by atoms with van der Waals surface area (Å²) in [5.74, 6) is -4.60. The first-order valence-corrected chi connectivity index (χ1v) is 14.8. The molecule has 18 heteroatoms. The van der Waals surface area contributed by atoms with Gasteiger partial charge in [-0.2, -0.15) is 0 Å². The average Bonchev–Trinajstić information content (AvgIpc) is 2.85. The van der Waals surface area contributed by atoms with Crippen LogP contribution in [0.5, 0.6) is 0 Å². The zero-order chi connectivity index (χ0) is 32.6. The van der Waals surface area contributed by atoms with Crippen LogP contribution in [-0.2, 0) is 42.6 Å². The highest BCUT2D eigenvalue weighted by atomic mass is 31.2. The number of hydrogen-bond acceptors (Lipinski definition) is 10. The largest absolute Gasteiger partial charge is 0.469 e. The lowest BCUT2D eigenvalue weighted by molar-refractivity contribution is -0.147. The van der Waals surface area contributed by atoms with Crippen molar-refractivity contribution in [2.24, 2.45) is 5.92 Å². The summed E-state index contributed by atoms with van der Waals surface area (Å²) in [5.41, 5.74) is 0. The minimum absolute atomic E-state index is 0.0608. The van der Waals surface area contributed by atoms with Crippen LogP contribution in [-0.4, -0.2) is 112 Å². The number of aliphatic hydroxyl groups is 1. The Morgan fingerprint density at radius 1 is 0.881 bits per heavy atom. The molecule has 0 aliphatic rings. The molecule has 0 saturated carbocycles. The van der Waals surface area contributed by atoms with Gasteiger partial charge in [-0.05, 0) is 33.1 Å².